The molecule has 0 spiro atoms. The van der Waals surface area contributed by atoms with Gasteiger partial charge in [0.2, 0.25) is 0 Å². The van der Waals surface area contributed by atoms with Gasteiger partial charge in [-0.2, -0.15) is 0 Å². The summed E-state index contributed by atoms with van der Waals surface area (Å²) in [5, 5.41) is 29.8. The predicted octanol–water partition coefficient (Wildman–Crippen LogP) is 2.53. The first-order chi connectivity index (χ1) is 10.6. The fourth-order valence-corrected chi connectivity index (χ4v) is 5.54. The molecule has 0 aliphatic heterocycles. The first-order valence-electron chi connectivity index (χ1n) is 8.29. The lowest BCUT2D eigenvalue weighted by atomic mass is 9.59. The molecule has 1 aromatic rings. The van der Waals surface area contributed by atoms with Gasteiger partial charge < -0.3 is 15.3 Å². The molecule has 1 aromatic carbocycles. The Morgan fingerprint density at radius 2 is 1.91 bits per heavy atom. The zero-order valence-corrected chi connectivity index (χ0v) is 12.5. The van der Waals surface area contributed by atoms with Gasteiger partial charge >= 0.3 is 5.97 Å². The van der Waals surface area contributed by atoms with Gasteiger partial charge in [-0.1, -0.05) is 6.07 Å². The van der Waals surface area contributed by atoms with Crippen molar-refractivity contribution in [3.63, 3.8) is 0 Å². The number of aliphatic carboxylic acids is 1. The van der Waals surface area contributed by atoms with Gasteiger partial charge in [-0.25, -0.2) is 0 Å². The molecule has 118 valence electrons. The van der Waals surface area contributed by atoms with E-state index in [1.807, 2.05) is 12.1 Å². The molecule has 22 heavy (non-hydrogen) atoms. The minimum atomic E-state index is -0.695. The fourth-order valence-electron chi connectivity index (χ4n) is 5.54. The number of carboxylic acid groups (broad SMARTS) is 1. The van der Waals surface area contributed by atoms with Crippen molar-refractivity contribution in [2.45, 2.75) is 44.1 Å². The number of hydrogen-bond donors (Lipinski definition) is 3. The third-order valence-electron chi connectivity index (χ3n) is 6.37. The second-order valence-corrected chi connectivity index (χ2v) is 7.26. The highest BCUT2D eigenvalue weighted by Gasteiger charge is 2.52. The summed E-state index contributed by atoms with van der Waals surface area (Å²) in [5.74, 6) is 0.366. The molecule has 4 rings (SSSR count). The summed E-state index contributed by atoms with van der Waals surface area (Å²) in [5.41, 5.74) is 2.31. The van der Waals surface area contributed by atoms with E-state index >= 15 is 0 Å². The van der Waals surface area contributed by atoms with Gasteiger partial charge in [-0.3, -0.25) is 4.79 Å². The largest absolute Gasteiger partial charge is 0.508 e. The van der Waals surface area contributed by atoms with Gasteiger partial charge in [-0.05, 0) is 73.1 Å². The van der Waals surface area contributed by atoms with E-state index in [0.29, 0.717) is 18.3 Å². The summed E-state index contributed by atoms with van der Waals surface area (Å²) in [4.78, 5) is 11.4. The molecule has 4 nitrogen and oxygen atoms in total. The number of aliphatic hydroxyl groups is 1. The standard InChI is InChI=1S/C18H22O4/c19-10-2-4-11-9(7-10)1-3-13-12-5-6-14(18(21)22)15(12)8-16(20)17(11)13/h2,4,7,12-17,19-20H,1,3,5-6,8H2,(H,21,22). The fraction of sp³-hybridized carbons (Fsp3) is 0.611. The van der Waals surface area contributed by atoms with E-state index in [-0.39, 0.29) is 23.5 Å². The lowest BCUT2D eigenvalue weighted by Gasteiger charge is -2.47. The van der Waals surface area contributed by atoms with E-state index in [2.05, 4.69) is 0 Å². The van der Waals surface area contributed by atoms with Crippen LogP contribution in [0.3, 0.4) is 0 Å². The Hall–Kier alpha value is -1.55. The van der Waals surface area contributed by atoms with Crippen LogP contribution in [-0.2, 0) is 11.2 Å². The van der Waals surface area contributed by atoms with Crippen LogP contribution in [0.15, 0.2) is 18.2 Å². The summed E-state index contributed by atoms with van der Waals surface area (Å²) in [6, 6.07) is 5.47. The van der Waals surface area contributed by atoms with Crippen molar-refractivity contribution in [3.05, 3.63) is 29.3 Å². The van der Waals surface area contributed by atoms with Crippen molar-refractivity contribution in [2.24, 2.45) is 23.7 Å². The molecule has 0 saturated heterocycles. The average Bonchev–Trinajstić information content (AvgIpc) is 2.90. The van der Waals surface area contributed by atoms with Gasteiger partial charge in [0.25, 0.3) is 0 Å². The number of carbonyl (C=O) groups is 1. The first kappa shape index (κ1) is 14.1. The molecular formula is C18H22O4. The maximum absolute atomic E-state index is 11.4. The predicted molar refractivity (Wildman–Crippen MR) is 80.6 cm³/mol. The van der Waals surface area contributed by atoms with Crippen LogP contribution >= 0.6 is 0 Å². The number of aromatic hydroxyl groups is 1. The molecule has 2 saturated carbocycles. The SMILES string of the molecule is O=C(O)C1CCC2C1CC(O)C1c3ccc(O)cc3CCC21. The summed E-state index contributed by atoms with van der Waals surface area (Å²) < 4.78 is 0. The number of aryl methyl sites for hydroxylation is 1. The van der Waals surface area contributed by atoms with E-state index in [1.165, 1.54) is 5.56 Å². The summed E-state index contributed by atoms with van der Waals surface area (Å²) in [6.07, 6.45) is 3.77. The van der Waals surface area contributed by atoms with E-state index in [4.69, 9.17) is 0 Å². The lowest BCUT2D eigenvalue weighted by molar-refractivity contribution is -0.144. The minimum Gasteiger partial charge on any atom is -0.508 e. The minimum absolute atomic E-state index is 0.109. The van der Waals surface area contributed by atoms with Gasteiger partial charge in [0.1, 0.15) is 5.75 Å². The maximum Gasteiger partial charge on any atom is 0.306 e. The number of hydrogen-bond acceptors (Lipinski definition) is 3. The molecule has 6 atom stereocenters. The molecule has 4 heteroatoms. The van der Waals surface area contributed by atoms with Gasteiger partial charge in [-0.15, -0.1) is 0 Å². The molecule has 0 heterocycles. The summed E-state index contributed by atoms with van der Waals surface area (Å²) in [7, 11) is 0. The van der Waals surface area contributed by atoms with Gasteiger partial charge in [0.15, 0.2) is 0 Å². The number of phenols is 1. The van der Waals surface area contributed by atoms with Crippen LogP contribution in [-0.4, -0.2) is 27.4 Å². The molecule has 3 N–H and O–H groups in total. The Morgan fingerprint density at radius 1 is 1.09 bits per heavy atom. The number of fused-ring (bicyclic) bond motifs is 5. The Balaban J connectivity index is 1.69. The second-order valence-electron chi connectivity index (χ2n) is 7.26. The van der Waals surface area contributed by atoms with Crippen molar-refractivity contribution in [3.8, 4) is 5.75 Å². The molecular weight excluding hydrogens is 280 g/mol. The van der Waals surface area contributed by atoms with E-state index in [0.717, 1.165) is 31.2 Å². The van der Waals surface area contributed by atoms with Crippen molar-refractivity contribution in [2.75, 3.05) is 0 Å². The van der Waals surface area contributed by atoms with Crippen LogP contribution in [0.25, 0.3) is 0 Å². The quantitative estimate of drug-likeness (QED) is 0.745. The average molecular weight is 302 g/mol. The van der Waals surface area contributed by atoms with E-state index < -0.39 is 12.1 Å². The highest BCUT2D eigenvalue weighted by Crippen LogP contribution is 2.56. The van der Waals surface area contributed by atoms with Crippen molar-refractivity contribution < 1.29 is 20.1 Å². The molecule has 0 bridgehead atoms. The van der Waals surface area contributed by atoms with Crippen LogP contribution in [0, 0.1) is 23.7 Å². The van der Waals surface area contributed by atoms with E-state index in [9.17, 15) is 20.1 Å². The number of aliphatic hydroxyl groups excluding tert-OH is 1. The smallest absolute Gasteiger partial charge is 0.306 e. The number of benzene rings is 1. The molecule has 0 amide bonds. The third kappa shape index (κ3) is 1.97. The monoisotopic (exact) mass is 302 g/mol. The van der Waals surface area contributed by atoms with Gasteiger partial charge in [0.05, 0.1) is 12.0 Å². The highest BCUT2D eigenvalue weighted by molar-refractivity contribution is 5.71. The Bertz CT molecular complexity index is 611. The maximum atomic E-state index is 11.4. The number of rotatable bonds is 1. The van der Waals surface area contributed by atoms with Crippen LogP contribution in [0.4, 0.5) is 0 Å². The van der Waals surface area contributed by atoms with E-state index in [1.54, 1.807) is 6.07 Å². The summed E-state index contributed by atoms with van der Waals surface area (Å²) in [6.45, 7) is 0. The molecule has 0 radical (unpaired) electrons. The number of carboxylic acids is 1. The topological polar surface area (TPSA) is 77.8 Å². The van der Waals surface area contributed by atoms with Crippen molar-refractivity contribution in [1.82, 2.24) is 0 Å². The van der Waals surface area contributed by atoms with Crippen molar-refractivity contribution >= 4 is 5.97 Å². The lowest BCUT2D eigenvalue weighted by Crippen LogP contribution is -2.44. The first-order valence-corrected chi connectivity index (χ1v) is 8.29. The third-order valence-corrected chi connectivity index (χ3v) is 6.37. The molecule has 2 fully saturated rings. The second kappa shape index (κ2) is 4.98. The highest BCUT2D eigenvalue weighted by atomic mass is 16.4. The van der Waals surface area contributed by atoms with Crippen LogP contribution in [0.5, 0.6) is 5.75 Å². The normalized spacial score (nSPS) is 39.7. The van der Waals surface area contributed by atoms with Crippen LogP contribution < -0.4 is 0 Å². The molecule has 6 unspecified atom stereocenters. The zero-order valence-electron chi connectivity index (χ0n) is 12.5. The Morgan fingerprint density at radius 3 is 2.68 bits per heavy atom. The zero-order chi connectivity index (χ0) is 15.4. The molecule has 3 aliphatic rings. The van der Waals surface area contributed by atoms with Crippen LogP contribution in [0.1, 0.15) is 42.7 Å². The summed E-state index contributed by atoms with van der Waals surface area (Å²) >= 11 is 0. The van der Waals surface area contributed by atoms with Crippen LogP contribution in [0.2, 0.25) is 0 Å². The van der Waals surface area contributed by atoms with Gasteiger partial charge in [0, 0.05) is 5.92 Å². The molecule has 3 aliphatic carbocycles. The Kier molecular flexibility index (Phi) is 3.19. The Labute approximate surface area is 129 Å². The molecule has 0 aromatic heterocycles. The van der Waals surface area contributed by atoms with Crippen molar-refractivity contribution in [1.29, 1.82) is 0 Å². The number of phenolic OH excluding ortho intramolecular Hbond substituents is 1.